The van der Waals surface area contributed by atoms with Crippen molar-refractivity contribution >= 4 is 69.8 Å². The molecule has 24 nitrogen and oxygen atoms in total. The summed E-state index contributed by atoms with van der Waals surface area (Å²) in [6.07, 6.45) is 6.31. The molecule has 2 aromatic heterocycles. The van der Waals surface area contributed by atoms with Gasteiger partial charge in [-0.1, -0.05) is 85.0 Å². The Balaban J connectivity index is 1.34. The molecule has 1 aliphatic heterocycles. The zero-order chi connectivity index (χ0) is 47.6. The van der Waals surface area contributed by atoms with Crippen LogP contribution in [0.5, 0.6) is 0 Å². The van der Waals surface area contributed by atoms with Gasteiger partial charge in [-0.05, 0) is 6.42 Å². The van der Waals surface area contributed by atoms with Crippen molar-refractivity contribution in [3.05, 3.63) is 12.7 Å². The van der Waals surface area contributed by atoms with Crippen LogP contribution in [-0.4, -0.2) is 110 Å². The Morgan fingerprint density at radius 3 is 2.19 bits per heavy atom. The van der Waals surface area contributed by atoms with Gasteiger partial charge in [0.05, 0.1) is 33.1 Å². The first-order valence-electron chi connectivity index (χ1n) is 21.0. The Labute approximate surface area is 376 Å². The van der Waals surface area contributed by atoms with Gasteiger partial charge in [-0.3, -0.25) is 28.1 Å². The standard InChI is InChI=1S/C36H64N7O17P3S/c1-4-5-6-7-8-9-10-11-12-13-14-15-25(44)21-64-19-18-38-27(45)16-17-39-34(48)31(47)36(2,3)22-57-63(54,55)60-62(52,53)56-20-26-30(59-61(49,50)51)29(46)35(58-26)43-24-42-28-32(37)40-23-41-33(28)43/h23-24,26,29-31,35,46-47H,4-22H2,1-3H3,(H,38,45)(H,39,48)(H,52,53)(H,54,55)(H2,37,40,41)(H2,49,50,51)/p-4/t26-,29-,30-,31+,35-/m1/s1. The maximum Gasteiger partial charge on any atom is 0.274 e. The number of ketones is 1. The Kier molecular flexibility index (Phi) is 23.4. The van der Waals surface area contributed by atoms with Crippen LogP contribution in [0.25, 0.3) is 11.2 Å². The lowest BCUT2D eigenvalue weighted by molar-refractivity contribution is -0.347. The number of thioether (sulfide) groups is 1. The summed E-state index contributed by atoms with van der Waals surface area (Å²) in [6.45, 7) is 2.49. The fraction of sp³-hybridized carbons (Fsp3) is 0.778. The number of fused-ring (bicyclic) bond motifs is 1. The number of imidazole rings is 1. The third-order valence-electron chi connectivity index (χ3n) is 9.94. The fourth-order valence-corrected chi connectivity index (χ4v) is 9.92. The maximum absolute atomic E-state index is 12.6. The van der Waals surface area contributed by atoms with Gasteiger partial charge < -0.3 is 69.0 Å². The molecule has 1 fully saturated rings. The number of nitrogen functional groups attached to an aromatic ring is 1. The summed E-state index contributed by atoms with van der Waals surface area (Å²) in [7, 11) is -17.6. The van der Waals surface area contributed by atoms with Crippen molar-refractivity contribution in [2.24, 2.45) is 5.41 Å². The number of hydrogen-bond acceptors (Lipinski definition) is 22. The summed E-state index contributed by atoms with van der Waals surface area (Å²) in [6, 6.07) is 0. The zero-order valence-electron chi connectivity index (χ0n) is 36.1. The van der Waals surface area contributed by atoms with Crippen LogP contribution in [0, 0.1) is 5.41 Å². The van der Waals surface area contributed by atoms with E-state index in [0.717, 1.165) is 36.5 Å². The predicted octanol–water partition coefficient (Wildman–Crippen LogP) is 0.880. The normalized spacial score (nSPS) is 20.5. The van der Waals surface area contributed by atoms with Gasteiger partial charge in [-0.25, -0.2) is 19.3 Å². The highest BCUT2D eigenvalue weighted by atomic mass is 32.2. The molecule has 0 spiro atoms. The molecular formula is C36H60N7O17P3S-4. The van der Waals surface area contributed by atoms with Crippen LogP contribution in [0.15, 0.2) is 12.7 Å². The monoisotopic (exact) mass is 987 g/mol. The van der Waals surface area contributed by atoms with Crippen molar-refractivity contribution in [2.75, 3.05) is 43.5 Å². The molecule has 3 rings (SSSR count). The van der Waals surface area contributed by atoms with E-state index in [2.05, 4.69) is 50.4 Å². The number of aliphatic hydroxyl groups excluding tert-OH is 2. The highest BCUT2D eigenvalue weighted by molar-refractivity contribution is 7.99. The number of amides is 2. The van der Waals surface area contributed by atoms with Gasteiger partial charge in [0.1, 0.15) is 42.0 Å². The average molecular weight is 988 g/mol. The van der Waals surface area contributed by atoms with E-state index in [4.69, 9.17) is 10.5 Å². The Bertz CT molecular complexity index is 1940. The minimum atomic E-state index is -5.91. The molecule has 2 unspecified atom stereocenters. The summed E-state index contributed by atoms with van der Waals surface area (Å²) in [5.74, 6) is -0.432. The molecule has 0 bridgehead atoms. The van der Waals surface area contributed by atoms with Crippen LogP contribution >= 0.6 is 35.2 Å². The third kappa shape index (κ3) is 19.8. The minimum Gasteiger partial charge on any atom is -0.790 e. The summed E-state index contributed by atoms with van der Waals surface area (Å²) in [4.78, 5) is 96.7. The Morgan fingerprint density at radius 1 is 0.922 bits per heavy atom. The predicted molar refractivity (Wildman–Crippen MR) is 224 cm³/mol. The number of nitrogens with zero attached hydrogens (tertiary/aromatic N) is 4. The van der Waals surface area contributed by atoms with E-state index in [1.165, 1.54) is 77.0 Å². The molecule has 6 N–H and O–H groups in total. The quantitative estimate of drug-likeness (QED) is 0.0489. The number of nitrogens with two attached hydrogens (primary N) is 1. The second-order valence-corrected chi connectivity index (χ2v) is 21.0. The third-order valence-corrected chi connectivity index (χ3v) is 14.0. The molecular weight excluding hydrogens is 927 g/mol. The molecule has 1 aliphatic rings. The number of hydrogen-bond donors (Lipinski definition) is 5. The van der Waals surface area contributed by atoms with Gasteiger partial charge >= 0.3 is 0 Å². The summed E-state index contributed by atoms with van der Waals surface area (Å²) in [5.41, 5.74) is 4.10. The van der Waals surface area contributed by atoms with Gasteiger partial charge in [0.15, 0.2) is 17.7 Å². The molecule has 0 aromatic carbocycles. The van der Waals surface area contributed by atoms with E-state index in [-0.39, 0.29) is 35.7 Å². The number of Topliss-reactive ketones (excluding diaryl/α,β-unsaturated/α-hetero) is 1. The Hall–Kier alpha value is -2.44. The first-order chi connectivity index (χ1) is 30.1. The number of carbonyl (C=O) groups is 3. The van der Waals surface area contributed by atoms with E-state index in [0.29, 0.717) is 24.5 Å². The van der Waals surface area contributed by atoms with E-state index in [1.807, 2.05) is 0 Å². The number of anilines is 1. The molecule has 28 heteroatoms. The molecule has 64 heavy (non-hydrogen) atoms. The molecule has 366 valence electrons. The van der Waals surface area contributed by atoms with Gasteiger partial charge in [0, 0.05) is 37.1 Å². The number of aromatic nitrogens is 4. The van der Waals surface area contributed by atoms with Gasteiger partial charge in [-0.15, -0.1) is 0 Å². The summed E-state index contributed by atoms with van der Waals surface area (Å²) in [5, 5.41) is 26.4. The summed E-state index contributed by atoms with van der Waals surface area (Å²) < 4.78 is 60.8. The van der Waals surface area contributed by atoms with E-state index >= 15 is 0 Å². The Morgan fingerprint density at radius 2 is 1.55 bits per heavy atom. The van der Waals surface area contributed by atoms with Crippen LogP contribution < -0.4 is 35.9 Å². The van der Waals surface area contributed by atoms with E-state index in [1.54, 1.807) is 0 Å². The van der Waals surface area contributed by atoms with Crippen molar-refractivity contribution in [2.45, 2.75) is 135 Å². The number of aliphatic hydroxyl groups is 2. The van der Waals surface area contributed by atoms with Gasteiger partial charge in [-0.2, -0.15) is 11.8 Å². The van der Waals surface area contributed by atoms with E-state index in [9.17, 15) is 57.9 Å². The fourth-order valence-electron chi connectivity index (χ4n) is 6.42. The van der Waals surface area contributed by atoms with Crippen LogP contribution in [0.4, 0.5) is 5.82 Å². The van der Waals surface area contributed by atoms with Crippen molar-refractivity contribution in [1.29, 1.82) is 0 Å². The highest BCUT2D eigenvalue weighted by Crippen LogP contribution is 2.56. The number of carbonyl (C=O) groups excluding carboxylic acids is 3. The largest absolute Gasteiger partial charge is 0.790 e. The molecule has 0 radical (unpaired) electrons. The van der Waals surface area contributed by atoms with Gasteiger partial charge in [0.2, 0.25) is 11.8 Å². The average Bonchev–Trinajstić information content (AvgIpc) is 3.77. The van der Waals surface area contributed by atoms with Crippen LogP contribution in [0.1, 0.15) is 110 Å². The summed E-state index contributed by atoms with van der Waals surface area (Å²) >= 11 is 1.42. The maximum atomic E-state index is 12.6. The van der Waals surface area contributed by atoms with Crippen molar-refractivity contribution in [1.82, 2.24) is 30.2 Å². The molecule has 0 saturated carbocycles. The topological polar surface area (TPSA) is 375 Å². The first kappa shape index (κ1) is 55.9. The van der Waals surface area contributed by atoms with Gasteiger partial charge in [0.25, 0.3) is 15.6 Å². The molecule has 2 aromatic rings. The molecule has 3 heterocycles. The second-order valence-electron chi connectivity index (χ2n) is 15.9. The zero-order valence-corrected chi connectivity index (χ0v) is 39.6. The molecule has 1 saturated heterocycles. The first-order valence-corrected chi connectivity index (χ1v) is 26.5. The van der Waals surface area contributed by atoms with E-state index < -0.39 is 84.6 Å². The highest BCUT2D eigenvalue weighted by Gasteiger charge is 2.47. The number of phosphoric ester groups is 3. The van der Waals surface area contributed by atoms with Crippen LogP contribution in [-0.2, 0) is 50.7 Å². The molecule has 0 aliphatic carbocycles. The van der Waals surface area contributed by atoms with Crippen LogP contribution in [0.2, 0.25) is 0 Å². The number of nitrogens with one attached hydrogen (secondary N) is 2. The molecule has 7 atom stereocenters. The lowest BCUT2D eigenvalue weighted by atomic mass is 9.87. The van der Waals surface area contributed by atoms with Crippen molar-refractivity contribution in [3.8, 4) is 0 Å². The minimum absolute atomic E-state index is 0.0176. The number of ether oxygens (including phenoxy) is 1. The van der Waals surface area contributed by atoms with Crippen molar-refractivity contribution in [3.63, 3.8) is 0 Å². The van der Waals surface area contributed by atoms with Crippen molar-refractivity contribution < 1.29 is 80.5 Å². The second kappa shape index (κ2) is 26.8. The lowest BCUT2D eigenvalue weighted by Crippen LogP contribution is -2.46. The molecule has 2 amide bonds. The number of rotatable bonds is 33. The lowest BCUT2D eigenvalue weighted by Gasteiger charge is -2.36. The smallest absolute Gasteiger partial charge is 0.274 e. The number of unbranched alkanes of at least 4 members (excludes halogenated alkanes) is 10. The SMILES string of the molecule is CCCCCCCCCCCCCC(=O)CSCCNC(=O)CCNC(=O)[C@H](O)C(C)(C)COP(=O)([O-])OP(=O)([O-])OC[C@H]1O[C@@H](n2cnc3c(N)ncnc32)[C@H](O)[C@@H]1OP(=O)([O-])[O-]. The van der Waals surface area contributed by atoms with Crippen LogP contribution in [0.3, 0.4) is 0 Å². The number of phosphoric acid groups is 3.